The molecule has 1 aromatic rings. The standard InChI is InChI=1S/C15H18FN3O2/c1-15(2,9-13(18)20)19-14(21)12-6-5-11(16)8-10(12)4-3-7-17/h5-6,8H,7,9,17H2,1-2H3,(H2,18,20)(H,19,21). The fourth-order valence-corrected chi connectivity index (χ4v) is 1.82. The molecule has 0 heterocycles. The Balaban J connectivity index is 3.04. The summed E-state index contributed by atoms with van der Waals surface area (Å²) in [6.07, 6.45) is -0.0102. The molecule has 0 aliphatic heterocycles. The summed E-state index contributed by atoms with van der Waals surface area (Å²) in [7, 11) is 0. The lowest BCUT2D eigenvalue weighted by Gasteiger charge is -2.25. The minimum Gasteiger partial charge on any atom is -0.370 e. The molecule has 0 aliphatic rings. The zero-order chi connectivity index (χ0) is 16.0. The first-order valence-electron chi connectivity index (χ1n) is 6.34. The van der Waals surface area contributed by atoms with Crippen molar-refractivity contribution in [3.63, 3.8) is 0 Å². The van der Waals surface area contributed by atoms with Crippen LogP contribution >= 0.6 is 0 Å². The van der Waals surface area contributed by atoms with E-state index in [2.05, 4.69) is 17.2 Å². The largest absolute Gasteiger partial charge is 0.370 e. The molecule has 21 heavy (non-hydrogen) atoms. The average Bonchev–Trinajstić information content (AvgIpc) is 2.33. The minimum absolute atomic E-state index is 0.0102. The van der Waals surface area contributed by atoms with Crippen molar-refractivity contribution < 1.29 is 14.0 Å². The van der Waals surface area contributed by atoms with E-state index in [1.807, 2.05) is 0 Å². The van der Waals surface area contributed by atoms with Crippen LogP contribution in [0.5, 0.6) is 0 Å². The van der Waals surface area contributed by atoms with Crippen molar-refractivity contribution in [2.45, 2.75) is 25.8 Å². The highest BCUT2D eigenvalue weighted by molar-refractivity contribution is 5.97. The molecular weight excluding hydrogens is 273 g/mol. The van der Waals surface area contributed by atoms with E-state index in [1.165, 1.54) is 18.2 Å². The molecule has 0 aromatic heterocycles. The van der Waals surface area contributed by atoms with Crippen molar-refractivity contribution in [3.8, 4) is 11.8 Å². The van der Waals surface area contributed by atoms with Gasteiger partial charge >= 0.3 is 0 Å². The highest BCUT2D eigenvalue weighted by Crippen LogP contribution is 2.14. The van der Waals surface area contributed by atoms with Gasteiger partial charge in [-0.15, -0.1) is 0 Å². The van der Waals surface area contributed by atoms with E-state index in [1.54, 1.807) is 13.8 Å². The van der Waals surface area contributed by atoms with E-state index < -0.39 is 23.2 Å². The molecule has 0 spiro atoms. The van der Waals surface area contributed by atoms with Gasteiger partial charge in [-0.05, 0) is 32.0 Å². The van der Waals surface area contributed by atoms with Crippen LogP contribution in [0.1, 0.15) is 36.2 Å². The number of halogens is 1. The van der Waals surface area contributed by atoms with Gasteiger partial charge < -0.3 is 16.8 Å². The van der Waals surface area contributed by atoms with Gasteiger partial charge in [0.15, 0.2) is 0 Å². The lowest BCUT2D eigenvalue weighted by Crippen LogP contribution is -2.46. The van der Waals surface area contributed by atoms with Gasteiger partial charge in [0, 0.05) is 17.5 Å². The van der Waals surface area contributed by atoms with E-state index >= 15 is 0 Å². The van der Waals surface area contributed by atoms with Crippen LogP contribution in [0.3, 0.4) is 0 Å². The molecule has 6 heteroatoms. The Hall–Kier alpha value is -2.39. The van der Waals surface area contributed by atoms with E-state index in [4.69, 9.17) is 11.5 Å². The Morgan fingerprint density at radius 1 is 1.38 bits per heavy atom. The summed E-state index contributed by atoms with van der Waals surface area (Å²) >= 11 is 0. The number of carbonyl (C=O) groups is 2. The summed E-state index contributed by atoms with van der Waals surface area (Å²) < 4.78 is 13.3. The molecule has 1 aromatic carbocycles. The second kappa shape index (κ2) is 6.86. The Morgan fingerprint density at radius 3 is 2.62 bits per heavy atom. The topological polar surface area (TPSA) is 98.2 Å². The zero-order valence-corrected chi connectivity index (χ0v) is 12.0. The normalized spacial score (nSPS) is 10.5. The zero-order valence-electron chi connectivity index (χ0n) is 12.0. The number of amides is 2. The SMILES string of the molecule is CC(C)(CC(N)=O)NC(=O)c1ccc(F)cc1C#CCN. The Labute approximate surface area is 122 Å². The summed E-state index contributed by atoms with van der Waals surface area (Å²) in [5, 5.41) is 2.68. The average molecular weight is 291 g/mol. The number of nitrogens with one attached hydrogen (secondary N) is 1. The summed E-state index contributed by atoms with van der Waals surface area (Å²) in [6.45, 7) is 3.44. The van der Waals surface area contributed by atoms with Crippen molar-refractivity contribution in [2.75, 3.05) is 6.54 Å². The van der Waals surface area contributed by atoms with Crippen LogP contribution in [0.25, 0.3) is 0 Å². The van der Waals surface area contributed by atoms with Crippen LogP contribution in [0.15, 0.2) is 18.2 Å². The first-order valence-corrected chi connectivity index (χ1v) is 6.34. The number of carbonyl (C=O) groups excluding carboxylic acids is 2. The molecule has 0 aliphatic carbocycles. The van der Waals surface area contributed by atoms with Gasteiger partial charge in [0.05, 0.1) is 12.1 Å². The van der Waals surface area contributed by atoms with Crippen LogP contribution in [0.4, 0.5) is 4.39 Å². The van der Waals surface area contributed by atoms with E-state index in [0.29, 0.717) is 0 Å². The minimum atomic E-state index is -0.810. The maximum Gasteiger partial charge on any atom is 0.252 e. The molecular formula is C15H18FN3O2. The second-order valence-electron chi connectivity index (χ2n) is 5.18. The first-order chi connectivity index (χ1) is 9.75. The number of rotatable bonds is 4. The van der Waals surface area contributed by atoms with Crippen molar-refractivity contribution in [1.82, 2.24) is 5.32 Å². The third kappa shape index (κ3) is 5.24. The quantitative estimate of drug-likeness (QED) is 0.705. The van der Waals surface area contributed by atoms with Crippen molar-refractivity contribution in [2.24, 2.45) is 11.5 Å². The van der Waals surface area contributed by atoms with E-state index in [0.717, 1.165) is 0 Å². The molecule has 0 saturated carbocycles. The molecule has 0 saturated heterocycles. The number of hydrogen-bond donors (Lipinski definition) is 3. The van der Waals surface area contributed by atoms with Gasteiger partial charge in [-0.25, -0.2) is 4.39 Å². The van der Waals surface area contributed by atoms with Crippen LogP contribution in [0.2, 0.25) is 0 Å². The summed E-state index contributed by atoms with van der Waals surface area (Å²) in [5.74, 6) is 3.76. The molecule has 5 N–H and O–H groups in total. The summed E-state index contributed by atoms with van der Waals surface area (Å²) in [6, 6.07) is 3.67. The highest BCUT2D eigenvalue weighted by Gasteiger charge is 2.24. The lowest BCUT2D eigenvalue weighted by atomic mass is 9.98. The van der Waals surface area contributed by atoms with Crippen LogP contribution in [-0.4, -0.2) is 23.9 Å². The molecule has 0 atom stereocenters. The van der Waals surface area contributed by atoms with Gasteiger partial charge in [-0.1, -0.05) is 11.8 Å². The van der Waals surface area contributed by atoms with Crippen molar-refractivity contribution in [3.05, 3.63) is 35.1 Å². The molecule has 5 nitrogen and oxygen atoms in total. The molecule has 2 amide bonds. The monoisotopic (exact) mass is 291 g/mol. The predicted octanol–water partition coefficient (Wildman–Crippen LogP) is 0.520. The van der Waals surface area contributed by atoms with Gasteiger partial charge in [0.1, 0.15) is 5.82 Å². The highest BCUT2D eigenvalue weighted by atomic mass is 19.1. The lowest BCUT2D eigenvalue weighted by molar-refractivity contribution is -0.119. The van der Waals surface area contributed by atoms with E-state index in [-0.39, 0.29) is 24.1 Å². The maximum absolute atomic E-state index is 13.3. The van der Waals surface area contributed by atoms with Crippen LogP contribution < -0.4 is 16.8 Å². The second-order valence-corrected chi connectivity index (χ2v) is 5.18. The van der Waals surface area contributed by atoms with Crippen LogP contribution in [0, 0.1) is 17.7 Å². The molecule has 0 fully saturated rings. The molecule has 112 valence electrons. The molecule has 1 rings (SSSR count). The molecule has 0 bridgehead atoms. The number of primary amides is 1. The van der Waals surface area contributed by atoms with Crippen molar-refractivity contribution >= 4 is 11.8 Å². The van der Waals surface area contributed by atoms with E-state index in [9.17, 15) is 14.0 Å². The van der Waals surface area contributed by atoms with Gasteiger partial charge in [-0.2, -0.15) is 0 Å². The Bertz CT molecular complexity index is 615. The fourth-order valence-electron chi connectivity index (χ4n) is 1.82. The van der Waals surface area contributed by atoms with Gasteiger partial charge in [0.25, 0.3) is 5.91 Å². The summed E-state index contributed by atoms with van der Waals surface area (Å²) in [4.78, 5) is 23.2. The summed E-state index contributed by atoms with van der Waals surface area (Å²) in [5.41, 5.74) is 10.1. The molecule has 0 radical (unpaired) electrons. The van der Waals surface area contributed by atoms with Crippen LogP contribution in [-0.2, 0) is 4.79 Å². The first kappa shape index (κ1) is 16.7. The third-order valence-electron chi connectivity index (χ3n) is 2.62. The number of hydrogen-bond acceptors (Lipinski definition) is 3. The van der Waals surface area contributed by atoms with Crippen molar-refractivity contribution in [1.29, 1.82) is 0 Å². The number of benzene rings is 1. The molecule has 0 unspecified atom stereocenters. The fraction of sp³-hybridized carbons (Fsp3) is 0.333. The Kier molecular flexibility index (Phi) is 5.44. The van der Waals surface area contributed by atoms with Gasteiger partial charge in [-0.3, -0.25) is 9.59 Å². The third-order valence-corrected chi connectivity index (χ3v) is 2.62. The smallest absolute Gasteiger partial charge is 0.252 e. The predicted molar refractivity (Wildman–Crippen MR) is 77.7 cm³/mol. The maximum atomic E-state index is 13.3. The van der Waals surface area contributed by atoms with Gasteiger partial charge in [0.2, 0.25) is 5.91 Å². The Morgan fingerprint density at radius 2 is 2.05 bits per heavy atom. The number of nitrogens with two attached hydrogens (primary N) is 2.